The van der Waals surface area contributed by atoms with Crippen LogP contribution in [-0.4, -0.2) is 23.1 Å². The molecule has 1 atom stereocenters. The van der Waals surface area contributed by atoms with Crippen LogP contribution in [0.2, 0.25) is 0 Å². The van der Waals surface area contributed by atoms with Crippen LogP contribution in [0.4, 0.5) is 0 Å². The van der Waals surface area contributed by atoms with Gasteiger partial charge in [0.25, 0.3) is 5.91 Å². The SMILES string of the molecule is O=C1CCC2(CC(c3ccccc3I)=NO2)C(=O)N1. The summed E-state index contributed by atoms with van der Waals surface area (Å²) in [4.78, 5) is 28.5. The number of carbonyl (C=O) groups excluding carboxylic acids is 2. The second-order valence-corrected chi connectivity index (χ2v) is 5.82. The van der Waals surface area contributed by atoms with Crippen LogP contribution in [0.1, 0.15) is 24.8 Å². The minimum Gasteiger partial charge on any atom is -0.378 e. The van der Waals surface area contributed by atoms with Crippen molar-refractivity contribution in [2.75, 3.05) is 0 Å². The third-order valence-corrected chi connectivity index (χ3v) is 4.33. The molecule has 5 nitrogen and oxygen atoms in total. The molecule has 2 amide bonds. The Kier molecular flexibility index (Phi) is 3.04. The molecular formula is C13H11IN2O3. The van der Waals surface area contributed by atoms with Gasteiger partial charge >= 0.3 is 0 Å². The topological polar surface area (TPSA) is 67.8 Å². The van der Waals surface area contributed by atoms with Crippen molar-refractivity contribution in [3.63, 3.8) is 0 Å². The van der Waals surface area contributed by atoms with Gasteiger partial charge in [-0.2, -0.15) is 0 Å². The van der Waals surface area contributed by atoms with E-state index in [1.165, 1.54) is 0 Å². The third kappa shape index (κ3) is 2.13. The first-order valence-corrected chi connectivity index (χ1v) is 7.03. The molecule has 19 heavy (non-hydrogen) atoms. The molecule has 0 aliphatic carbocycles. The maximum absolute atomic E-state index is 12.0. The number of hydrogen-bond acceptors (Lipinski definition) is 4. The van der Waals surface area contributed by atoms with E-state index in [-0.39, 0.29) is 11.8 Å². The summed E-state index contributed by atoms with van der Waals surface area (Å²) in [5.74, 6) is -0.629. The monoisotopic (exact) mass is 370 g/mol. The molecule has 98 valence electrons. The summed E-state index contributed by atoms with van der Waals surface area (Å²) in [5, 5.41) is 6.38. The fourth-order valence-corrected chi connectivity index (χ4v) is 3.00. The van der Waals surface area contributed by atoms with Crippen LogP contribution < -0.4 is 5.32 Å². The van der Waals surface area contributed by atoms with Gasteiger partial charge in [-0.25, -0.2) is 0 Å². The maximum Gasteiger partial charge on any atom is 0.274 e. The number of nitrogens with zero attached hydrogens (tertiary/aromatic N) is 1. The van der Waals surface area contributed by atoms with Crippen molar-refractivity contribution in [1.29, 1.82) is 0 Å². The first-order valence-electron chi connectivity index (χ1n) is 5.95. The van der Waals surface area contributed by atoms with E-state index in [2.05, 4.69) is 33.1 Å². The number of nitrogens with one attached hydrogen (secondary N) is 1. The number of hydrogen-bond donors (Lipinski definition) is 1. The number of imide groups is 1. The molecule has 1 spiro atoms. The molecular weight excluding hydrogens is 359 g/mol. The molecule has 1 aromatic rings. The van der Waals surface area contributed by atoms with Crippen LogP contribution in [0.5, 0.6) is 0 Å². The lowest BCUT2D eigenvalue weighted by molar-refractivity contribution is -0.153. The number of carbonyl (C=O) groups is 2. The summed E-state index contributed by atoms with van der Waals surface area (Å²) < 4.78 is 1.06. The van der Waals surface area contributed by atoms with Crippen molar-refractivity contribution in [3.8, 4) is 0 Å². The van der Waals surface area contributed by atoms with E-state index in [9.17, 15) is 9.59 Å². The smallest absolute Gasteiger partial charge is 0.274 e. The van der Waals surface area contributed by atoms with Crippen molar-refractivity contribution in [2.45, 2.75) is 24.9 Å². The van der Waals surface area contributed by atoms with Gasteiger partial charge in [-0.15, -0.1) is 0 Å². The Morgan fingerprint density at radius 2 is 2.11 bits per heavy atom. The second kappa shape index (κ2) is 4.59. The van der Waals surface area contributed by atoms with Gasteiger partial charge in [-0.3, -0.25) is 14.9 Å². The summed E-state index contributed by atoms with van der Waals surface area (Å²) in [6.45, 7) is 0. The number of oxime groups is 1. The van der Waals surface area contributed by atoms with Gasteiger partial charge in [0.15, 0.2) is 0 Å². The van der Waals surface area contributed by atoms with E-state index in [0.717, 1.165) is 14.8 Å². The van der Waals surface area contributed by atoms with Crippen molar-refractivity contribution in [2.24, 2.45) is 5.16 Å². The predicted octanol–water partition coefficient (Wildman–Crippen LogP) is 1.59. The Hall–Kier alpha value is -1.44. The van der Waals surface area contributed by atoms with E-state index in [1.807, 2.05) is 24.3 Å². The van der Waals surface area contributed by atoms with Crippen molar-refractivity contribution in [1.82, 2.24) is 5.32 Å². The minimum atomic E-state index is -0.998. The number of rotatable bonds is 1. The predicted molar refractivity (Wildman–Crippen MR) is 76.5 cm³/mol. The molecule has 1 aromatic carbocycles. The van der Waals surface area contributed by atoms with Crippen LogP contribution >= 0.6 is 22.6 Å². The van der Waals surface area contributed by atoms with Crippen LogP contribution in [0, 0.1) is 3.57 Å². The molecule has 3 rings (SSSR count). The quantitative estimate of drug-likeness (QED) is 0.603. The number of amides is 2. The summed E-state index contributed by atoms with van der Waals surface area (Å²) in [7, 11) is 0. The highest BCUT2D eigenvalue weighted by atomic mass is 127. The van der Waals surface area contributed by atoms with E-state index in [4.69, 9.17) is 4.84 Å². The van der Waals surface area contributed by atoms with E-state index in [1.54, 1.807) is 0 Å². The first-order chi connectivity index (χ1) is 9.11. The maximum atomic E-state index is 12.0. The van der Waals surface area contributed by atoms with Gasteiger partial charge in [0, 0.05) is 28.4 Å². The lowest BCUT2D eigenvalue weighted by atomic mass is 9.86. The van der Waals surface area contributed by atoms with Gasteiger partial charge in [0.05, 0.1) is 5.71 Å². The highest BCUT2D eigenvalue weighted by Crippen LogP contribution is 2.34. The Bertz CT molecular complexity index is 599. The van der Waals surface area contributed by atoms with E-state index < -0.39 is 5.60 Å². The Morgan fingerprint density at radius 1 is 1.32 bits per heavy atom. The summed E-state index contributed by atoms with van der Waals surface area (Å²) >= 11 is 2.23. The molecule has 0 aromatic heterocycles. The Labute approximate surface area is 123 Å². The largest absolute Gasteiger partial charge is 0.378 e. The molecule has 0 bridgehead atoms. The standard InChI is InChI=1S/C13H11IN2O3/c14-9-4-2-1-3-8(9)10-7-13(19-16-10)6-5-11(17)15-12(13)18/h1-4H,5-7H2,(H,15,17,18). The molecule has 0 radical (unpaired) electrons. The Morgan fingerprint density at radius 3 is 2.84 bits per heavy atom. The number of benzene rings is 1. The zero-order valence-electron chi connectivity index (χ0n) is 9.98. The normalized spacial score (nSPS) is 26.1. The van der Waals surface area contributed by atoms with Crippen LogP contribution in [0.15, 0.2) is 29.4 Å². The molecule has 0 saturated carbocycles. The van der Waals surface area contributed by atoms with Gasteiger partial charge in [-0.1, -0.05) is 23.4 Å². The number of halogens is 1. The van der Waals surface area contributed by atoms with E-state index in [0.29, 0.717) is 19.3 Å². The fraction of sp³-hybridized carbons (Fsp3) is 0.308. The lowest BCUT2D eigenvalue weighted by Crippen LogP contribution is -2.53. The van der Waals surface area contributed by atoms with Crippen LogP contribution in [0.25, 0.3) is 0 Å². The van der Waals surface area contributed by atoms with E-state index >= 15 is 0 Å². The number of piperidine rings is 1. The van der Waals surface area contributed by atoms with Gasteiger partial charge < -0.3 is 4.84 Å². The third-order valence-electron chi connectivity index (χ3n) is 3.39. The highest BCUT2D eigenvalue weighted by molar-refractivity contribution is 14.1. The van der Waals surface area contributed by atoms with Crippen molar-refractivity contribution >= 4 is 40.1 Å². The summed E-state index contributed by atoms with van der Waals surface area (Å²) in [6.07, 6.45) is 1.08. The van der Waals surface area contributed by atoms with Crippen molar-refractivity contribution < 1.29 is 14.4 Å². The van der Waals surface area contributed by atoms with Gasteiger partial charge in [-0.05, 0) is 28.7 Å². The fourth-order valence-electron chi connectivity index (χ4n) is 2.30. The zero-order chi connectivity index (χ0) is 13.5. The molecule has 2 aliphatic heterocycles. The summed E-state index contributed by atoms with van der Waals surface area (Å²) in [5.41, 5.74) is 0.737. The second-order valence-electron chi connectivity index (χ2n) is 4.66. The van der Waals surface area contributed by atoms with Crippen LogP contribution in [-0.2, 0) is 14.4 Å². The average Bonchev–Trinajstić information content (AvgIpc) is 2.81. The Balaban J connectivity index is 1.85. The molecule has 6 heteroatoms. The summed E-state index contributed by atoms with van der Waals surface area (Å²) in [6, 6.07) is 7.81. The molecule has 2 heterocycles. The van der Waals surface area contributed by atoms with Crippen molar-refractivity contribution in [3.05, 3.63) is 33.4 Å². The van der Waals surface area contributed by atoms with Gasteiger partial charge in [0.2, 0.25) is 11.5 Å². The lowest BCUT2D eigenvalue weighted by Gasteiger charge is -2.28. The molecule has 1 unspecified atom stereocenters. The first kappa shape index (κ1) is 12.6. The molecule has 2 aliphatic rings. The molecule has 1 N–H and O–H groups in total. The minimum absolute atomic E-state index is 0.248. The zero-order valence-corrected chi connectivity index (χ0v) is 12.1. The molecule has 1 fully saturated rings. The van der Waals surface area contributed by atoms with Gasteiger partial charge in [0.1, 0.15) is 0 Å². The van der Waals surface area contributed by atoms with Crippen LogP contribution in [0.3, 0.4) is 0 Å². The highest BCUT2D eigenvalue weighted by Gasteiger charge is 2.50. The average molecular weight is 370 g/mol. The molecule has 1 saturated heterocycles.